The van der Waals surface area contributed by atoms with Gasteiger partial charge in [-0.2, -0.15) is 15.0 Å². The van der Waals surface area contributed by atoms with Crippen molar-refractivity contribution in [1.29, 1.82) is 5.26 Å². The molecule has 22 heavy (non-hydrogen) atoms. The molecule has 0 unspecified atom stereocenters. The molecule has 0 saturated heterocycles. The molecule has 3 rings (SSSR count). The van der Waals surface area contributed by atoms with E-state index in [-0.39, 0.29) is 5.88 Å². The molecule has 0 aliphatic rings. The van der Waals surface area contributed by atoms with Gasteiger partial charge in [-0.25, -0.2) is 4.98 Å². The first-order chi connectivity index (χ1) is 10.6. The molecule has 0 atom stereocenters. The Morgan fingerprint density at radius 3 is 2.41 bits per heavy atom. The van der Waals surface area contributed by atoms with Crippen LogP contribution >= 0.6 is 0 Å². The predicted molar refractivity (Wildman–Crippen MR) is 82.6 cm³/mol. The van der Waals surface area contributed by atoms with Crippen molar-refractivity contribution in [3.63, 3.8) is 0 Å². The van der Waals surface area contributed by atoms with Gasteiger partial charge in [0.2, 0.25) is 5.88 Å². The highest BCUT2D eigenvalue weighted by Crippen LogP contribution is 2.33. The molecule has 0 radical (unpaired) electrons. The number of pyridine rings is 1. The van der Waals surface area contributed by atoms with Crippen LogP contribution in [0.25, 0.3) is 16.9 Å². The monoisotopic (exact) mass is 290 g/mol. The van der Waals surface area contributed by atoms with Gasteiger partial charge in [0.25, 0.3) is 0 Å². The van der Waals surface area contributed by atoms with Crippen molar-refractivity contribution in [2.24, 2.45) is 0 Å². The number of benzene rings is 1. The zero-order valence-electron chi connectivity index (χ0n) is 12.3. The second-order valence-corrected chi connectivity index (χ2v) is 5.08. The minimum Gasteiger partial charge on any atom is -0.493 e. The first-order valence-corrected chi connectivity index (χ1v) is 6.82. The van der Waals surface area contributed by atoms with E-state index in [1.807, 2.05) is 26.0 Å². The second-order valence-electron chi connectivity index (χ2n) is 5.08. The molecule has 0 fully saturated rings. The van der Waals surface area contributed by atoms with Crippen LogP contribution in [0.4, 0.5) is 0 Å². The molecule has 0 saturated carbocycles. The maximum atomic E-state index is 10.5. The average Bonchev–Trinajstić information content (AvgIpc) is 2.83. The summed E-state index contributed by atoms with van der Waals surface area (Å²) in [6.45, 7) is 3.78. The maximum absolute atomic E-state index is 10.5. The largest absolute Gasteiger partial charge is 0.493 e. The Kier molecular flexibility index (Phi) is 3.36. The second kappa shape index (κ2) is 5.34. The van der Waals surface area contributed by atoms with Crippen LogP contribution in [0.1, 0.15) is 16.8 Å². The molecule has 2 heterocycles. The quantitative estimate of drug-likeness (QED) is 0.786. The van der Waals surface area contributed by atoms with E-state index in [9.17, 15) is 5.11 Å². The van der Waals surface area contributed by atoms with Crippen molar-refractivity contribution in [3.05, 3.63) is 59.4 Å². The van der Waals surface area contributed by atoms with E-state index in [4.69, 9.17) is 5.26 Å². The summed E-state index contributed by atoms with van der Waals surface area (Å²) in [5.41, 5.74) is 3.77. The summed E-state index contributed by atoms with van der Waals surface area (Å²) in [7, 11) is 0. The molecule has 3 aromatic rings. The number of nitriles is 1. The minimum atomic E-state index is 0.0403. The van der Waals surface area contributed by atoms with Gasteiger partial charge < -0.3 is 5.11 Å². The summed E-state index contributed by atoms with van der Waals surface area (Å²) in [4.78, 5) is 4.28. The van der Waals surface area contributed by atoms with Crippen molar-refractivity contribution >= 4 is 0 Å². The Bertz CT molecular complexity index is 855. The third-order valence-electron chi connectivity index (χ3n) is 3.45. The van der Waals surface area contributed by atoms with Crippen LogP contribution in [0.3, 0.4) is 0 Å². The van der Waals surface area contributed by atoms with Gasteiger partial charge in [0.1, 0.15) is 0 Å². The van der Waals surface area contributed by atoms with Gasteiger partial charge >= 0.3 is 0 Å². The average molecular weight is 290 g/mol. The molecular formula is C17H14N4O. The Morgan fingerprint density at radius 2 is 1.82 bits per heavy atom. The molecule has 2 aromatic heterocycles. The van der Waals surface area contributed by atoms with Crippen molar-refractivity contribution in [3.8, 4) is 28.9 Å². The summed E-state index contributed by atoms with van der Waals surface area (Å²) in [5, 5.41) is 23.7. The molecule has 5 heteroatoms. The molecule has 0 aliphatic carbocycles. The summed E-state index contributed by atoms with van der Waals surface area (Å²) in [5.74, 6) is 0.602. The zero-order chi connectivity index (χ0) is 15.7. The summed E-state index contributed by atoms with van der Waals surface area (Å²) in [6, 6.07) is 12.8. The summed E-state index contributed by atoms with van der Waals surface area (Å²) < 4.78 is 1.42. The van der Waals surface area contributed by atoms with E-state index in [1.165, 1.54) is 4.68 Å². The highest BCUT2D eigenvalue weighted by atomic mass is 16.3. The smallest absolute Gasteiger partial charge is 0.223 e. The number of nitrogens with zero attached hydrogens (tertiary/aromatic N) is 4. The first-order valence-electron chi connectivity index (χ1n) is 6.82. The van der Waals surface area contributed by atoms with Crippen LogP contribution in [0.15, 0.2) is 42.6 Å². The maximum Gasteiger partial charge on any atom is 0.223 e. The predicted octanol–water partition coefficient (Wildman–Crippen LogP) is 3.13. The SMILES string of the molecule is Cc1ccc(-n2nc(C)c(-c3ccc(C#N)cc3)c2O)nc1. The fourth-order valence-electron chi connectivity index (χ4n) is 2.31. The van der Waals surface area contributed by atoms with Gasteiger partial charge in [-0.05, 0) is 43.2 Å². The zero-order valence-corrected chi connectivity index (χ0v) is 12.3. The van der Waals surface area contributed by atoms with Gasteiger partial charge in [-0.3, -0.25) is 0 Å². The van der Waals surface area contributed by atoms with Crippen molar-refractivity contribution in [2.45, 2.75) is 13.8 Å². The Hall–Kier alpha value is -3.13. The molecule has 1 N–H and O–H groups in total. The number of rotatable bonds is 2. The fraction of sp³-hybridized carbons (Fsp3) is 0.118. The van der Waals surface area contributed by atoms with Crippen LogP contribution in [-0.2, 0) is 0 Å². The third-order valence-corrected chi connectivity index (χ3v) is 3.45. The van der Waals surface area contributed by atoms with E-state index in [0.717, 1.165) is 11.1 Å². The van der Waals surface area contributed by atoms with Crippen LogP contribution in [0.5, 0.6) is 5.88 Å². The van der Waals surface area contributed by atoms with Crippen molar-refractivity contribution < 1.29 is 5.11 Å². The molecule has 0 spiro atoms. The molecule has 0 bridgehead atoms. The van der Waals surface area contributed by atoms with Crippen LogP contribution in [-0.4, -0.2) is 19.9 Å². The van der Waals surface area contributed by atoms with Gasteiger partial charge in [0.15, 0.2) is 5.82 Å². The van der Waals surface area contributed by atoms with E-state index >= 15 is 0 Å². The molecular weight excluding hydrogens is 276 g/mol. The topological polar surface area (TPSA) is 74.7 Å². The third kappa shape index (κ3) is 2.31. The van der Waals surface area contributed by atoms with Gasteiger partial charge in [0, 0.05) is 6.20 Å². The summed E-state index contributed by atoms with van der Waals surface area (Å²) in [6.07, 6.45) is 1.73. The van der Waals surface area contributed by atoms with E-state index in [1.54, 1.807) is 30.5 Å². The number of hydrogen-bond donors (Lipinski definition) is 1. The normalized spacial score (nSPS) is 10.4. The molecule has 108 valence electrons. The number of aryl methyl sites for hydroxylation is 2. The van der Waals surface area contributed by atoms with E-state index in [0.29, 0.717) is 22.6 Å². The summed E-state index contributed by atoms with van der Waals surface area (Å²) >= 11 is 0. The first kappa shape index (κ1) is 13.8. The Labute approximate surface area is 128 Å². The lowest BCUT2D eigenvalue weighted by Gasteiger charge is -2.04. The van der Waals surface area contributed by atoms with E-state index in [2.05, 4.69) is 16.2 Å². The minimum absolute atomic E-state index is 0.0403. The van der Waals surface area contributed by atoms with Gasteiger partial charge in [-0.15, -0.1) is 0 Å². The van der Waals surface area contributed by atoms with Crippen LogP contribution in [0, 0.1) is 25.2 Å². The van der Waals surface area contributed by atoms with E-state index < -0.39 is 0 Å². The molecule has 0 amide bonds. The molecule has 0 aliphatic heterocycles. The number of hydrogen-bond acceptors (Lipinski definition) is 4. The highest BCUT2D eigenvalue weighted by Gasteiger charge is 2.17. The Balaban J connectivity index is 2.10. The van der Waals surface area contributed by atoms with Crippen molar-refractivity contribution in [1.82, 2.24) is 14.8 Å². The standard InChI is InChI=1S/C17H14N4O/c1-11-3-8-15(19-10-11)21-17(22)16(12(2)20-21)14-6-4-13(9-18)5-7-14/h3-8,10,22H,1-2H3. The number of aromatic nitrogens is 3. The van der Waals surface area contributed by atoms with Crippen molar-refractivity contribution in [2.75, 3.05) is 0 Å². The van der Waals surface area contributed by atoms with Gasteiger partial charge in [0.05, 0.1) is 22.9 Å². The highest BCUT2D eigenvalue weighted by molar-refractivity contribution is 5.72. The van der Waals surface area contributed by atoms with Gasteiger partial charge in [-0.1, -0.05) is 18.2 Å². The lowest BCUT2D eigenvalue weighted by Crippen LogP contribution is -1.99. The molecule has 5 nitrogen and oxygen atoms in total. The van der Waals surface area contributed by atoms with Crippen LogP contribution in [0.2, 0.25) is 0 Å². The lowest BCUT2D eigenvalue weighted by molar-refractivity contribution is 0.433. The van der Waals surface area contributed by atoms with Crippen LogP contribution < -0.4 is 0 Å². The lowest BCUT2D eigenvalue weighted by atomic mass is 10.0. The number of aromatic hydroxyl groups is 1. The fourth-order valence-corrected chi connectivity index (χ4v) is 2.31. The Morgan fingerprint density at radius 1 is 1.09 bits per heavy atom. The molecule has 1 aromatic carbocycles.